The van der Waals surface area contributed by atoms with Crippen molar-refractivity contribution in [2.75, 3.05) is 36.0 Å². The van der Waals surface area contributed by atoms with Crippen LogP contribution in [-0.4, -0.2) is 53.8 Å². The highest BCUT2D eigenvalue weighted by Crippen LogP contribution is 2.31. The van der Waals surface area contributed by atoms with Crippen LogP contribution in [0.4, 0.5) is 20.6 Å². The Hall–Kier alpha value is -3.73. The molecule has 9 nitrogen and oxygen atoms in total. The number of amides is 2. The fourth-order valence-corrected chi connectivity index (χ4v) is 5.13. The van der Waals surface area contributed by atoms with Gasteiger partial charge in [0, 0.05) is 37.0 Å². The summed E-state index contributed by atoms with van der Waals surface area (Å²) in [7, 11) is 0. The van der Waals surface area contributed by atoms with E-state index in [0.29, 0.717) is 30.2 Å². The number of aromatic nitrogens is 2. The van der Waals surface area contributed by atoms with E-state index in [1.807, 2.05) is 29.3 Å². The molecule has 2 amide bonds. The number of ether oxygens (including phenoxy) is 1. The summed E-state index contributed by atoms with van der Waals surface area (Å²) in [6, 6.07) is 6.70. The maximum Gasteiger partial charge on any atom is 0.414 e. The molecule has 1 aromatic carbocycles. The van der Waals surface area contributed by atoms with Gasteiger partial charge in [-0.05, 0) is 55.6 Å². The number of carbonyl (C=O) groups is 2. The van der Waals surface area contributed by atoms with Crippen LogP contribution in [0.25, 0.3) is 17.3 Å². The first-order valence-electron chi connectivity index (χ1n) is 11.7. The molecule has 0 spiro atoms. The molecule has 2 saturated heterocycles. The number of hydrogen-bond acceptors (Lipinski definition) is 8. The predicted molar refractivity (Wildman–Crippen MR) is 134 cm³/mol. The van der Waals surface area contributed by atoms with Gasteiger partial charge in [0.05, 0.1) is 30.2 Å². The van der Waals surface area contributed by atoms with Crippen LogP contribution in [0.15, 0.2) is 39.7 Å². The SMILES string of the molecule is CC(=O)NC[C@H]1CN(c2ccc(N3CCC(=Cc4cc(-c5csnc5C)no4)CC3)c(F)c2)C(=O)O1. The summed E-state index contributed by atoms with van der Waals surface area (Å²) in [4.78, 5) is 26.7. The van der Waals surface area contributed by atoms with Crippen LogP contribution in [0.5, 0.6) is 0 Å². The van der Waals surface area contributed by atoms with Crippen LogP contribution in [0, 0.1) is 12.7 Å². The number of anilines is 2. The third-order valence-electron chi connectivity index (χ3n) is 6.34. The number of halogens is 1. The molecule has 188 valence electrons. The Morgan fingerprint density at radius 3 is 2.81 bits per heavy atom. The van der Waals surface area contributed by atoms with Crippen molar-refractivity contribution in [1.82, 2.24) is 14.8 Å². The molecule has 0 bridgehead atoms. The van der Waals surface area contributed by atoms with Gasteiger partial charge in [0.2, 0.25) is 5.91 Å². The quantitative estimate of drug-likeness (QED) is 0.524. The van der Waals surface area contributed by atoms with E-state index in [0.717, 1.165) is 29.8 Å². The molecular weight excluding hydrogens is 485 g/mol. The van der Waals surface area contributed by atoms with Gasteiger partial charge in [-0.3, -0.25) is 9.69 Å². The first-order chi connectivity index (χ1) is 17.4. The second-order valence-corrected chi connectivity index (χ2v) is 9.54. The van der Waals surface area contributed by atoms with Crippen molar-refractivity contribution in [2.45, 2.75) is 32.8 Å². The second-order valence-electron chi connectivity index (χ2n) is 8.91. The predicted octanol–water partition coefficient (Wildman–Crippen LogP) is 4.39. The largest absolute Gasteiger partial charge is 0.442 e. The third kappa shape index (κ3) is 5.11. The fourth-order valence-electron chi connectivity index (χ4n) is 4.42. The van der Waals surface area contributed by atoms with Crippen molar-refractivity contribution < 1.29 is 23.2 Å². The number of benzene rings is 1. The molecule has 5 rings (SSSR count). The van der Waals surface area contributed by atoms with Crippen LogP contribution in [-0.2, 0) is 9.53 Å². The first kappa shape index (κ1) is 24.0. The molecule has 0 aliphatic carbocycles. The number of rotatable bonds is 6. The Balaban J connectivity index is 1.20. The summed E-state index contributed by atoms with van der Waals surface area (Å²) in [6.45, 7) is 5.16. The number of piperidine rings is 1. The van der Waals surface area contributed by atoms with Crippen LogP contribution in [0.2, 0.25) is 0 Å². The highest BCUT2D eigenvalue weighted by Gasteiger charge is 2.33. The molecular formula is C25H26FN5O4S. The zero-order valence-electron chi connectivity index (χ0n) is 20.0. The van der Waals surface area contributed by atoms with Crippen molar-refractivity contribution in [3.8, 4) is 11.3 Å². The molecule has 2 aliphatic heterocycles. The van der Waals surface area contributed by atoms with Gasteiger partial charge in [-0.25, -0.2) is 9.18 Å². The van der Waals surface area contributed by atoms with Crippen molar-refractivity contribution in [3.05, 3.63) is 52.5 Å². The molecule has 2 aliphatic rings. The lowest BCUT2D eigenvalue weighted by atomic mass is 10.0. The van der Waals surface area contributed by atoms with Crippen molar-refractivity contribution in [2.24, 2.45) is 0 Å². The van der Waals surface area contributed by atoms with E-state index in [-0.39, 0.29) is 19.0 Å². The summed E-state index contributed by atoms with van der Waals surface area (Å²) in [5.41, 5.74) is 4.84. The Bertz CT molecular complexity index is 1310. The summed E-state index contributed by atoms with van der Waals surface area (Å²) in [6.07, 6.45) is 2.55. The topological polar surface area (TPSA) is 101 Å². The minimum absolute atomic E-state index is 0.198. The zero-order valence-corrected chi connectivity index (χ0v) is 20.8. The molecule has 0 unspecified atom stereocenters. The van der Waals surface area contributed by atoms with Gasteiger partial charge in [0.15, 0.2) is 5.76 Å². The van der Waals surface area contributed by atoms with Crippen LogP contribution < -0.4 is 15.1 Å². The minimum Gasteiger partial charge on any atom is -0.442 e. The van der Waals surface area contributed by atoms with Crippen molar-refractivity contribution >= 4 is 41.0 Å². The summed E-state index contributed by atoms with van der Waals surface area (Å²) >= 11 is 1.39. The second kappa shape index (κ2) is 10.1. The van der Waals surface area contributed by atoms with Gasteiger partial charge in [0.1, 0.15) is 17.6 Å². The minimum atomic E-state index is -0.550. The standard InChI is InChI=1S/C25H26FN5O4S/c1-15-21(14-36-29-15)23-11-19(35-28-23)9-17-5-7-30(8-6-17)24-4-3-18(10-22(24)26)31-13-20(34-25(31)33)12-27-16(2)32/h3-4,9-11,14,20H,5-8,12-13H2,1-2H3,(H,27,32)/t20-/m0/s1. The summed E-state index contributed by atoms with van der Waals surface area (Å²) < 4.78 is 30.1. The van der Waals surface area contributed by atoms with Gasteiger partial charge in [-0.2, -0.15) is 4.37 Å². The van der Waals surface area contributed by atoms with Gasteiger partial charge >= 0.3 is 6.09 Å². The summed E-state index contributed by atoms with van der Waals surface area (Å²) in [5, 5.41) is 8.75. The highest BCUT2D eigenvalue weighted by molar-refractivity contribution is 7.04. The molecule has 0 radical (unpaired) electrons. The molecule has 2 aromatic heterocycles. The maximum atomic E-state index is 15.1. The van der Waals surface area contributed by atoms with Crippen LogP contribution in [0.1, 0.15) is 31.2 Å². The Labute approximate surface area is 211 Å². The maximum absolute atomic E-state index is 15.1. The molecule has 11 heteroatoms. The number of carbonyl (C=O) groups excluding carboxylic acids is 2. The molecule has 1 atom stereocenters. The number of hydrogen-bond donors (Lipinski definition) is 1. The monoisotopic (exact) mass is 511 g/mol. The highest BCUT2D eigenvalue weighted by atomic mass is 32.1. The normalized spacial score (nSPS) is 17.9. The van der Waals surface area contributed by atoms with E-state index < -0.39 is 18.0 Å². The lowest BCUT2D eigenvalue weighted by molar-refractivity contribution is -0.119. The molecule has 1 N–H and O–H groups in total. The van der Waals surface area contributed by atoms with E-state index in [1.165, 1.54) is 35.0 Å². The number of nitrogens with zero attached hydrogens (tertiary/aromatic N) is 4. The van der Waals surface area contributed by atoms with Gasteiger partial charge < -0.3 is 19.5 Å². The average molecular weight is 512 g/mol. The van der Waals surface area contributed by atoms with Crippen LogP contribution in [0.3, 0.4) is 0 Å². The molecule has 3 aromatic rings. The number of aryl methyl sites for hydroxylation is 1. The molecule has 36 heavy (non-hydrogen) atoms. The number of cyclic esters (lactones) is 1. The average Bonchev–Trinajstić information content (AvgIpc) is 3.58. The Morgan fingerprint density at radius 1 is 1.31 bits per heavy atom. The van der Waals surface area contributed by atoms with E-state index >= 15 is 4.39 Å². The molecule has 2 fully saturated rings. The van der Waals surface area contributed by atoms with Crippen molar-refractivity contribution in [3.63, 3.8) is 0 Å². The van der Waals surface area contributed by atoms with Crippen LogP contribution >= 0.6 is 11.5 Å². The Kier molecular flexibility index (Phi) is 6.73. The smallest absolute Gasteiger partial charge is 0.414 e. The van der Waals surface area contributed by atoms with Crippen molar-refractivity contribution in [1.29, 1.82) is 0 Å². The van der Waals surface area contributed by atoms with E-state index in [4.69, 9.17) is 9.26 Å². The Morgan fingerprint density at radius 2 is 2.11 bits per heavy atom. The van der Waals surface area contributed by atoms with Gasteiger partial charge in [-0.15, -0.1) is 0 Å². The van der Waals surface area contributed by atoms with Gasteiger partial charge in [-0.1, -0.05) is 10.7 Å². The van der Waals surface area contributed by atoms with Gasteiger partial charge in [0.25, 0.3) is 0 Å². The van der Waals surface area contributed by atoms with E-state index in [2.05, 4.69) is 14.8 Å². The molecule has 0 saturated carbocycles. The lowest BCUT2D eigenvalue weighted by Gasteiger charge is -2.31. The van der Waals surface area contributed by atoms with E-state index in [9.17, 15) is 9.59 Å². The zero-order chi connectivity index (χ0) is 25.2. The number of nitrogens with one attached hydrogen (secondary N) is 1. The summed E-state index contributed by atoms with van der Waals surface area (Å²) in [5.74, 6) is 0.109. The lowest BCUT2D eigenvalue weighted by Crippen LogP contribution is -2.33. The third-order valence-corrected chi connectivity index (χ3v) is 7.06. The first-order valence-corrected chi connectivity index (χ1v) is 12.6. The van der Waals surface area contributed by atoms with E-state index in [1.54, 1.807) is 12.1 Å². The molecule has 4 heterocycles. The fraction of sp³-hybridized carbons (Fsp3) is 0.360.